The Labute approximate surface area is 175 Å². The quantitative estimate of drug-likeness (QED) is 0.515. The van der Waals surface area contributed by atoms with E-state index in [1.165, 1.54) is 27.8 Å². The van der Waals surface area contributed by atoms with Gasteiger partial charge < -0.3 is 5.32 Å². The van der Waals surface area contributed by atoms with E-state index in [1.54, 1.807) is 0 Å². The fourth-order valence-corrected chi connectivity index (χ4v) is 4.84. The summed E-state index contributed by atoms with van der Waals surface area (Å²) in [5, 5.41) is 5.09. The molecular formula is C25H19Cl2N. The van der Waals surface area contributed by atoms with Crippen molar-refractivity contribution < 1.29 is 0 Å². The van der Waals surface area contributed by atoms with Crippen molar-refractivity contribution in [1.82, 2.24) is 5.32 Å². The number of benzene rings is 3. The molecule has 138 valence electrons. The summed E-state index contributed by atoms with van der Waals surface area (Å²) in [5.74, 6) is 0.268. The molecule has 1 N–H and O–H groups in total. The Morgan fingerprint density at radius 3 is 2.32 bits per heavy atom. The van der Waals surface area contributed by atoms with Gasteiger partial charge in [0.15, 0.2) is 0 Å². The second-order valence-electron chi connectivity index (χ2n) is 7.23. The standard InChI is InChI=1S/C25H19Cl2N/c26-18-12-10-17(11-13-18)25(27)22-15-28-14-21-23(16-6-2-1-3-7-16)19-8-4-5-9-20(19)24(21)22/h1-13,23,28H,14-15H2/b25-22-. The number of hydrogen-bond acceptors (Lipinski definition) is 1. The van der Waals surface area contributed by atoms with E-state index in [-0.39, 0.29) is 5.92 Å². The number of fused-ring (bicyclic) bond motifs is 2. The summed E-state index contributed by atoms with van der Waals surface area (Å²) < 4.78 is 0. The second-order valence-corrected chi connectivity index (χ2v) is 8.05. The number of rotatable bonds is 2. The third-order valence-corrected chi connectivity index (χ3v) is 6.32. The van der Waals surface area contributed by atoms with Crippen LogP contribution in [0, 0.1) is 0 Å². The van der Waals surface area contributed by atoms with Crippen LogP contribution in [-0.2, 0) is 0 Å². The molecule has 0 aromatic heterocycles. The van der Waals surface area contributed by atoms with Crippen LogP contribution in [0.4, 0.5) is 0 Å². The molecule has 1 nitrogen and oxygen atoms in total. The Kier molecular flexibility index (Phi) is 4.60. The van der Waals surface area contributed by atoms with Crippen LogP contribution in [0.25, 0.3) is 10.6 Å². The van der Waals surface area contributed by atoms with Crippen molar-refractivity contribution in [2.24, 2.45) is 0 Å². The molecule has 0 spiro atoms. The van der Waals surface area contributed by atoms with Crippen LogP contribution in [-0.4, -0.2) is 13.1 Å². The summed E-state index contributed by atoms with van der Waals surface area (Å²) >= 11 is 13.0. The zero-order valence-electron chi connectivity index (χ0n) is 15.3. The molecule has 0 radical (unpaired) electrons. The second kappa shape index (κ2) is 7.25. The summed E-state index contributed by atoms with van der Waals surface area (Å²) in [7, 11) is 0. The van der Waals surface area contributed by atoms with Crippen molar-refractivity contribution in [3.05, 3.63) is 117 Å². The van der Waals surface area contributed by atoms with Gasteiger partial charge in [0, 0.05) is 24.0 Å². The van der Waals surface area contributed by atoms with E-state index in [1.807, 2.05) is 24.3 Å². The first-order valence-electron chi connectivity index (χ1n) is 9.47. The molecule has 1 aliphatic carbocycles. The highest BCUT2D eigenvalue weighted by Crippen LogP contribution is 2.50. The van der Waals surface area contributed by atoms with Gasteiger partial charge in [-0.25, -0.2) is 0 Å². The smallest absolute Gasteiger partial charge is 0.0529 e. The van der Waals surface area contributed by atoms with E-state index >= 15 is 0 Å². The van der Waals surface area contributed by atoms with Crippen LogP contribution in [0.15, 0.2) is 90.0 Å². The first kappa shape index (κ1) is 17.8. The first-order chi connectivity index (χ1) is 13.7. The van der Waals surface area contributed by atoms with E-state index in [2.05, 4.69) is 59.9 Å². The molecule has 0 saturated heterocycles. The number of hydrogen-bond donors (Lipinski definition) is 1. The van der Waals surface area contributed by atoms with Gasteiger partial charge in [-0.05, 0) is 51.1 Å². The minimum absolute atomic E-state index is 0.268. The number of halogens is 2. The van der Waals surface area contributed by atoms with Gasteiger partial charge >= 0.3 is 0 Å². The molecule has 2 aliphatic rings. The van der Waals surface area contributed by atoms with Gasteiger partial charge in [0.1, 0.15) is 0 Å². The molecule has 0 bridgehead atoms. The minimum atomic E-state index is 0.268. The summed E-state index contributed by atoms with van der Waals surface area (Å²) in [6, 6.07) is 27.2. The Bertz CT molecular complexity index is 1090. The zero-order chi connectivity index (χ0) is 19.1. The van der Waals surface area contributed by atoms with Crippen molar-refractivity contribution in [2.75, 3.05) is 13.1 Å². The molecular weight excluding hydrogens is 385 g/mol. The average molecular weight is 404 g/mol. The Balaban J connectivity index is 1.72. The summed E-state index contributed by atoms with van der Waals surface area (Å²) in [5.41, 5.74) is 8.86. The van der Waals surface area contributed by atoms with Gasteiger partial charge in [-0.15, -0.1) is 0 Å². The number of nitrogens with one attached hydrogen (secondary N) is 1. The molecule has 0 fully saturated rings. The normalized spacial score (nSPS) is 20.0. The van der Waals surface area contributed by atoms with Gasteiger partial charge in [-0.1, -0.05) is 89.9 Å². The van der Waals surface area contributed by atoms with E-state index in [0.29, 0.717) is 0 Å². The van der Waals surface area contributed by atoms with E-state index in [9.17, 15) is 0 Å². The monoisotopic (exact) mass is 403 g/mol. The predicted octanol–water partition coefficient (Wildman–Crippen LogP) is 6.49. The van der Waals surface area contributed by atoms with Gasteiger partial charge in [-0.2, -0.15) is 0 Å². The van der Waals surface area contributed by atoms with Crippen LogP contribution < -0.4 is 5.32 Å². The van der Waals surface area contributed by atoms with Crippen LogP contribution in [0.3, 0.4) is 0 Å². The summed E-state index contributed by atoms with van der Waals surface area (Å²) in [4.78, 5) is 0. The van der Waals surface area contributed by atoms with Crippen molar-refractivity contribution in [2.45, 2.75) is 5.92 Å². The fraction of sp³-hybridized carbons (Fsp3) is 0.120. The molecule has 3 aromatic rings. The van der Waals surface area contributed by atoms with Crippen molar-refractivity contribution >= 4 is 33.8 Å². The molecule has 5 rings (SSSR count). The predicted molar refractivity (Wildman–Crippen MR) is 119 cm³/mol. The largest absolute Gasteiger partial charge is 0.309 e. The highest BCUT2D eigenvalue weighted by atomic mass is 35.5. The Morgan fingerprint density at radius 1 is 0.821 bits per heavy atom. The van der Waals surface area contributed by atoms with Crippen LogP contribution in [0.1, 0.15) is 28.2 Å². The van der Waals surface area contributed by atoms with E-state index in [0.717, 1.165) is 34.3 Å². The maximum Gasteiger partial charge on any atom is 0.0529 e. The molecule has 0 saturated carbocycles. The zero-order valence-corrected chi connectivity index (χ0v) is 16.8. The van der Waals surface area contributed by atoms with E-state index < -0.39 is 0 Å². The molecule has 3 aromatic carbocycles. The SMILES string of the molecule is Cl/C(=C1/CNCC2=C1c1ccccc1C2c1ccccc1)c1ccc(Cl)cc1. The molecule has 1 unspecified atom stereocenters. The maximum atomic E-state index is 6.93. The molecule has 3 heteroatoms. The molecule has 1 aliphatic heterocycles. The fourth-order valence-electron chi connectivity index (χ4n) is 4.42. The Hall–Kier alpha value is -2.32. The van der Waals surface area contributed by atoms with Gasteiger partial charge in [0.2, 0.25) is 0 Å². The summed E-state index contributed by atoms with van der Waals surface area (Å²) in [6.07, 6.45) is 0. The topological polar surface area (TPSA) is 12.0 Å². The van der Waals surface area contributed by atoms with Gasteiger partial charge in [-0.3, -0.25) is 0 Å². The molecule has 0 amide bonds. The molecule has 1 atom stereocenters. The summed E-state index contributed by atoms with van der Waals surface area (Å²) in [6.45, 7) is 1.63. The lowest BCUT2D eigenvalue weighted by Gasteiger charge is -2.24. The van der Waals surface area contributed by atoms with Crippen LogP contribution >= 0.6 is 23.2 Å². The van der Waals surface area contributed by atoms with Crippen molar-refractivity contribution in [3.63, 3.8) is 0 Å². The van der Waals surface area contributed by atoms with Gasteiger partial charge in [0.05, 0.1) is 5.03 Å². The van der Waals surface area contributed by atoms with Crippen LogP contribution in [0.2, 0.25) is 5.02 Å². The lowest BCUT2D eigenvalue weighted by Crippen LogP contribution is -2.27. The molecule has 28 heavy (non-hydrogen) atoms. The van der Waals surface area contributed by atoms with Crippen LogP contribution in [0.5, 0.6) is 0 Å². The van der Waals surface area contributed by atoms with Gasteiger partial charge in [0.25, 0.3) is 0 Å². The Morgan fingerprint density at radius 2 is 1.54 bits per heavy atom. The van der Waals surface area contributed by atoms with Crippen molar-refractivity contribution in [3.8, 4) is 0 Å². The minimum Gasteiger partial charge on any atom is -0.309 e. The lowest BCUT2D eigenvalue weighted by atomic mass is 9.87. The average Bonchev–Trinajstić information content (AvgIpc) is 3.09. The molecule has 1 heterocycles. The third-order valence-electron chi connectivity index (χ3n) is 5.63. The maximum absolute atomic E-state index is 6.93. The highest BCUT2D eigenvalue weighted by Gasteiger charge is 2.36. The lowest BCUT2D eigenvalue weighted by molar-refractivity contribution is 0.751. The van der Waals surface area contributed by atoms with Crippen molar-refractivity contribution in [1.29, 1.82) is 0 Å². The third kappa shape index (κ3) is 2.91. The highest BCUT2D eigenvalue weighted by molar-refractivity contribution is 6.50. The first-order valence-corrected chi connectivity index (χ1v) is 10.2. The van der Waals surface area contributed by atoms with E-state index in [4.69, 9.17) is 23.2 Å².